The second kappa shape index (κ2) is 4.37. The van der Waals surface area contributed by atoms with E-state index in [2.05, 4.69) is 18.2 Å². The van der Waals surface area contributed by atoms with Crippen LogP contribution in [-0.2, 0) is 9.53 Å². The Morgan fingerprint density at radius 1 is 1.75 bits per heavy atom. The van der Waals surface area contributed by atoms with Crippen LogP contribution in [0, 0.1) is 6.92 Å². The molecule has 0 rings (SSSR count). The van der Waals surface area contributed by atoms with Gasteiger partial charge >= 0.3 is 5.97 Å². The lowest BCUT2D eigenvalue weighted by molar-refractivity contribution is -0.137. The smallest absolute Gasteiger partial charge is 0.306 e. The number of hydrogen-bond donors (Lipinski definition) is 0. The van der Waals surface area contributed by atoms with Gasteiger partial charge in [-0.1, -0.05) is 6.08 Å². The summed E-state index contributed by atoms with van der Waals surface area (Å²) in [5, 5.41) is 0. The molecule has 45 valence electrons. The Balaban J connectivity index is 2.93. The summed E-state index contributed by atoms with van der Waals surface area (Å²) in [5.41, 5.74) is 0. The number of esters is 1. The maximum atomic E-state index is 9.95. The maximum Gasteiger partial charge on any atom is 0.306 e. The van der Waals surface area contributed by atoms with Crippen LogP contribution in [0.1, 0.15) is 6.42 Å². The summed E-state index contributed by atoms with van der Waals surface area (Å²) in [6.07, 6.45) is 2.38. The average Bonchev–Trinajstić information content (AvgIpc) is 1.66. The molecule has 0 atom stereocenters. The zero-order valence-corrected chi connectivity index (χ0v) is 4.72. The quantitative estimate of drug-likeness (QED) is 0.309. The van der Waals surface area contributed by atoms with Crippen molar-refractivity contribution in [3.8, 4) is 0 Å². The van der Waals surface area contributed by atoms with Crippen molar-refractivity contribution in [1.82, 2.24) is 0 Å². The predicted octanol–water partition coefficient (Wildman–Crippen LogP) is 0.940. The molecule has 0 aliphatic carbocycles. The van der Waals surface area contributed by atoms with Crippen molar-refractivity contribution in [3.05, 3.63) is 19.6 Å². The second-order valence-corrected chi connectivity index (χ2v) is 1.30. The van der Waals surface area contributed by atoms with Crippen molar-refractivity contribution in [1.29, 1.82) is 0 Å². The van der Waals surface area contributed by atoms with Gasteiger partial charge in [-0.15, -0.1) is 6.58 Å². The van der Waals surface area contributed by atoms with E-state index >= 15 is 0 Å². The van der Waals surface area contributed by atoms with E-state index in [4.69, 9.17) is 0 Å². The lowest BCUT2D eigenvalue weighted by Gasteiger charge is -1.94. The van der Waals surface area contributed by atoms with Crippen molar-refractivity contribution in [3.63, 3.8) is 0 Å². The molecule has 0 amide bonds. The molecule has 2 nitrogen and oxygen atoms in total. The number of ether oxygens (including phenoxy) is 1. The van der Waals surface area contributed by atoms with Crippen LogP contribution in [0.3, 0.4) is 0 Å². The zero-order valence-electron chi connectivity index (χ0n) is 4.72. The van der Waals surface area contributed by atoms with Gasteiger partial charge in [-0.05, 0) is 6.42 Å². The third-order valence-corrected chi connectivity index (χ3v) is 0.585. The lowest BCUT2D eigenvalue weighted by atomic mass is 10.5. The molecule has 0 aliphatic heterocycles. The van der Waals surface area contributed by atoms with Crippen molar-refractivity contribution in [2.24, 2.45) is 0 Å². The molecule has 0 spiro atoms. The van der Waals surface area contributed by atoms with Gasteiger partial charge in [0.1, 0.15) is 0 Å². The second-order valence-electron chi connectivity index (χ2n) is 1.30. The topological polar surface area (TPSA) is 26.3 Å². The highest BCUT2D eigenvalue weighted by atomic mass is 16.5. The highest BCUT2D eigenvalue weighted by Crippen LogP contribution is 1.81. The minimum Gasteiger partial charge on any atom is -0.465 e. The Morgan fingerprint density at radius 2 is 2.38 bits per heavy atom. The van der Waals surface area contributed by atoms with Crippen LogP contribution in [0.4, 0.5) is 0 Å². The van der Waals surface area contributed by atoms with Crippen molar-refractivity contribution >= 4 is 5.97 Å². The summed E-state index contributed by atoms with van der Waals surface area (Å²) in [6, 6.07) is 0. The number of hydrogen-bond acceptors (Lipinski definition) is 2. The van der Waals surface area contributed by atoms with E-state index in [-0.39, 0.29) is 0 Å². The van der Waals surface area contributed by atoms with Crippen LogP contribution in [0.25, 0.3) is 0 Å². The molecule has 0 aromatic carbocycles. The van der Waals surface area contributed by atoms with Crippen LogP contribution in [0.2, 0.25) is 0 Å². The molecular weight excluding hydrogens is 104 g/mol. The zero-order chi connectivity index (χ0) is 6.41. The molecule has 0 saturated carbocycles. The highest BCUT2D eigenvalue weighted by Gasteiger charge is 1.87. The minimum absolute atomic E-state index is 0.395. The number of carbonyl (C=O) groups is 1. The molecule has 2 heteroatoms. The summed E-state index contributed by atoms with van der Waals surface area (Å²) < 4.78 is 4.46. The summed E-state index contributed by atoms with van der Waals surface area (Å²) in [4.78, 5) is 9.95. The highest BCUT2D eigenvalue weighted by molar-refractivity contribution is 5.73. The van der Waals surface area contributed by atoms with Crippen molar-refractivity contribution < 1.29 is 9.53 Å². The molecule has 1 radical (unpaired) electrons. The Morgan fingerprint density at radius 3 is 2.75 bits per heavy atom. The molecule has 0 aromatic heterocycles. The van der Waals surface area contributed by atoms with Crippen molar-refractivity contribution in [2.45, 2.75) is 6.42 Å². The molecule has 0 heterocycles. The van der Waals surface area contributed by atoms with Gasteiger partial charge in [-0.2, -0.15) is 0 Å². The number of rotatable bonds is 3. The minimum atomic E-state index is -0.480. The third kappa shape index (κ3) is 5.21. The third-order valence-electron chi connectivity index (χ3n) is 0.585. The van der Waals surface area contributed by atoms with Gasteiger partial charge in [-0.3, -0.25) is 4.79 Å². The molecule has 0 aliphatic rings. The Labute approximate surface area is 49.1 Å². The molecule has 0 unspecified atom stereocenters. The van der Waals surface area contributed by atoms with E-state index in [1.807, 2.05) is 0 Å². The standard InChI is InChI=1S/C6H9O2/c1-3-4-5-8-6(2)7/h3H,1-2,4-5H2. The van der Waals surface area contributed by atoms with Crippen molar-refractivity contribution in [2.75, 3.05) is 6.61 Å². The molecule has 0 fully saturated rings. The van der Waals surface area contributed by atoms with Crippen LogP contribution < -0.4 is 0 Å². The maximum absolute atomic E-state index is 9.95. The monoisotopic (exact) mass is 113 g/mol. The molecule has 0 saturated heterocycles. The van der Waals surface area contributed by atoms with E-state index in [1.54, 1.807) is 6.08 Å². The van der Waals surface area contributed by atoms with E-state index in [0.29, 0.717) is 13.0 Å². The Kier molecular flexibility index (Phi) is 3.94. The van der Waals surface area contributed by atoms with E-state index in [9.17, 15) is 4.79 Å². The van der Waals surface area contributed by atoms with E-state index in [1.165, 1.54) is 0 Å². The van der Waals surface area contributed by atoms with Gasteiger partial charge in [0.05, 0.1) is 13.5 Å². The normalized spacial score (nSPS) is 8.12. The largest absolute Gasteiger partial charge is 0.465 e. The SMILES string of the molecule is [CH2]C(=O)OCCC=C. The van der Waals surface area contributed by atoms with E-state index in [0.717, 1.165) is 0 Å². The Hall–Kier alpha value is -0.790. The first-order valence-corrected chi connectivity index (χ1v) is 2.37. The summed E-state index contributed by atoms with van der Waals surface area (Å²) in [7, 11) is 0. The Bertz CT molecular complexity index is 86.5. The molecular formula is C6H9O2. The first-order chi connectivity index (χ1) is 3.77. The number of carbonyl (C=O) groups excluding carboxylic acids is 1. The van der Waals surface area contributed by atoms with Gasteiger partial charge in [0.2, 0.25) is 0 Å². The molecule has 0 N–H and O–H groups in total. The summed E-state index contributed by atoms with van der Waals surface area (Å²) in [6.45, 7) is 6.86. The van der Waals surface area contributed by atoms with Gasteiger partial charge < -0.3 is 4.74 Å². The van der Waals surface area contributed by atoms with E-state index < -0.39 is 5.97 Å². The molecule has 8 heavy (non-hydrogen) atoms. The predicted molar refractivity (Wildman–Crippen MR) is 31.1 cm³/mol. The van der Waals surface area contributed by atoms with Gasteiger partial charge in [0.15, 0.2) is 0 Å². The van der Waals surface area contributed by atoms with Gasteiger partial charge in [0.25, 0.3) is 0 Å². The van der Waals surface area contributed by atoms with Crippen LogP contribution in [-0.4, -0.2) is 12.6 Å². The van der Waals surface area contributed by atoms with Crippen LogP contribution in [0.15, 0.2) is 12.7 Å². The first kappa shape index (κ1) is 7.21. The molecule has 0 aromatic rings. The lowest BCUT2D eigenvalue weighted by Crippen LogP contribution is -1.98. The fraction of sp³-hybridized carbons (Fsp3) is 0.333. The fourth-order valence-corrected chi connectivity index (χ4v) is 0.256. The summed E-state index contributed by atoms with van der Waals surface area (Å²) in [5.74, 6) is -0.480. The first-order valence-electron chi connectivity index (χ1n) is 2.37. The molecule has 0 bridgehead atoms. The summed E-state index contributed by atoms with van der Waals surface area (Å²) >= 11 is 0. The van der Waals surface area contributed by atoms with Gasteiger partial charge in [-0.25, -0.2) is 0 Å². The van der Waals surface area contributed by atoms with Crippen LogP contribution >= 0.6 is 0 Å². The average molecular weight is 113 g/mol. The fourth-order valence-electron chi connectivity index (χ4n) is 0.256. The van der Waals surface area contributed by atoms with Crippen LogP contribution in [0.5, 0.6) is 0 Å². The van der Waals surface area contributed by atoms with Gasteiger partial charge in [0, 0.05) is 0 Å².